The van der Waals surface area contributed by atoms with Crippen LogP contribution in [-0.4, -0.2) is 18.1 Å². The zero-order valence-corrected chi connectivity index (χ0v) is 12.3. The van der Waals surface area contributed by atoms with Gasteiger partial charge in [-0.3, -0.25) is 9.59 Å². The van der Waals surface area contributed by atoms with Crippen LogP contribution in [0.1, 0.15) is 21.5 Å². The number of ketones is 1. The molecule has 1 unspecified atom stereocenters. The van der Waals surface area contributed by atoms with E-state index in [1.165, 1.54) is 6.07 Å². The highest BCUT2D eigenvalue weighted by Crippen LogP contribution is 2.41. The van der Waals surface area contributed by atoms with Gasteiger partial charge in [-0.2, -0.15) is 0 Å². The Morgan fingerprint density at radius 2 is 1.74 bits per heavy atom. The zero-order valence-electron chi connectivity index (χ0n) is 12.3. The molecule has 0 aromatic heterocycles. The second-order valence-electron chi connectivity index (χ2n) is 5.60. The van der Waals surface area contributed by atoms with Crippen LogP contribution in [0.5, 0.6) is 0 Å². The van der Waals surface area contributed by atoms with Crippen LogP contribution in [0.25, 0.3) is 0 Å². The molecule has 0 saturated heterocycles. The highest BCUT2D eigenvalue weighted by Gasteiger charge is 2.58. The number of alkyl halides is 2. The summed E-state index contributed by atoms with van der Waals surface area (Å²) in [6.45, 7) is 0.109. The van der Waals surface area contributed by atoms with E-state index >= 15 is 0 Å². The summed E-state index contributed by atoms with van der Waals surface area (Å²) in [4.78, 5) is 24.9. The first-order valence-electron chi connectivity index (χ1n) is 7.29. The first-order chi connectivity index (χ1) is 11.1. The molecule has 5 heteroatoms. The molecule has 0 spiro atoms. The molecule has 0 bridgehead atoms. The molecule has 0 fully saturated rings. The lowest BCUT2D eigenvalue weighted by atomic mass is 9.83. The van der Waals surface area contributed by atoms with E-state index in [4.69, 9.17) is 0 Å². The second-order valence-corrected chi connectivity index (χ2v) is 5.60. The van der Waals surface area contributed by atoms with E-state index < -0.39 is 23.5 Å². The van der Waals surface area contributed by atoms with Gasteiger partial charge in [0.2, 0.25) is 5.91 Å². The van der Waals surface area contributed by atoms with Gasteiger partial charge in [-0.25, -0.2) is 8.78 Å². The van der Waals surface area contributed by atoms with E-state index in [2.05, 4.69) is 5.32 Å². The van der Waals surface area contributed by atoms with Gasteiger partial charge in [0, 0.05) is 18.5 Å². The van der Waals surface area contributed by atoms with E-state index in [0.29, 0.717) is 5.56 Å². The Kier molecular flexibility index (Phi) is 3.94. The topological polar surface area (TPSA) is 46.2 Å². The molecule has 1 N–H and O–H groups in total. The fraction of sp³-hybridized carbons (Fsp3) is 0.222. The molecule has 3 nitrogen and oxygen atoms in total. The van der Waals surface area contributed by atoms with Crippen molar-refractivity contribution in [3.05, 3.63) is 71.3 Å². The Balaban J connectivity index is 1.85. The normalized spacial score (nSPS) is 19.7. The number of rotatable bonds is 4. The van der Waals surface area contributed by atoms with Gasteiger partial charge >= 0.3 is 0 Å². The maximum Gasteiger partial charge on any atom is 0.260 e. The summed E-state index contributed by atoms with van der Waals surface area (Å²) in [5, 5.41) is 2.49. The lowest BCUT2D eigenvalue weighted by Crippen LogP contribution is -2.50. The van der Waals surface area contributed by atoms with Crippen LogP contribution in [0.4, 0.5) is 8.78 Å². The number of carbonyl (C=O) groups excluding carboxylic acids is 2. The van der Waals surface area contributed by atoms with Gasteiger partial charge in [-0.05, 0) is 11.1 Å². The Hall–Kier alpha value is -2.56. The minimum atomic E-state index is -3.06. The smallest absolute Gasteiger partial charge is 0.260 e. The third-order valence-corrected chi connectivity index (χ3v) is 4.21. The highest BCUT2D eigenvalue weighted by molar-refractivity contribution is 6.17. The average Bonchev–Trinajstić information content (AvgIpc) is 2.88. The van der Waals surface area contributed by atoms with Crippen molar-refractivity contribution in [2.24, 2.45) is 5.41 Å². The van der Waals surface area contributed by atoms with E-state index in [1.807, 2.05) is 6.07 Å². The van der Waals surface area contributed by atoms with Crippen LogP contribution in [0.2, 0.25) is 0 Å². The first-order valence-corrected chi connectivity index (χ1v) is 7.29. The van der Waals surface area contributed by atoms with E-state index in [9.17, 15) is 18.4 Å². The van der Waals surface area contributed by atoms with Crippen LogP contribution >= 0.6 is 0 Å². The monoisotopic (exact) mass is 315 g/mol. The molecule has 1 atom stereocenters. The molecular formula is C18H15F2NO2. The van der Waals surface area contributed by atoms with Crippen LogP contribution < -0.4 is 5.32 Å². The molecule has 0 saturated carbocycles. The summed E-state index contributed by atoms with van der Waals surface area (Å²) in [7, 11) is 0. The van der Waals surface area contributed by atoms with Gasteiger partial charge in [0.15, 0.2) is 11.2 Å². The van der Waals surface area contributed by atoms with Gasteiger partial charge < -0.3 is 5.32 Å². The minimum Gasteiger partial charge on any atom is -0.351 e. The Bertz CT molecular complexity index is 746. The molecule has 1 amide bonds. The first kappa shape index (κ1) is 15.3. The summed E-state index contributed by atoms with van der Waals surface area (Å²) < 4.78 is 27.4. The third-order valence-electron chi connectivity index (χ3n) is 4.21. The fourth-order valence-electron chi connectivity index (χ4n) is 2.91. The Labute approximate surface area is 132 Å². The summed E-state index contributed by atoms with van der Waals surface area (Å²) in [6.07, 6.45) is -3.32. The third kappa shape index (κ3) is 2.52. The van der Waals surface area contributed by atoms with Crippen molar-refractivity contribution in [3.8, 4) is 0 Å². The number of benzene rings is 2. The molecule has 23 heavy (non-hydrogen) atoms. The second kappa shape index (κ2) is 5.91. The van der Waals surface area contributed by atoms with Gasteiger partial charge in [0.1, 0.15) is 0 Å². The molecule has 1 aliphatic rings. The number of carbonyl (C=O) groups is 2. The standard InChI is InChI=1S/C18H15F2NO2/c19-16(20)18(10-13-8-4-5-9-14(13)15(18)22)17(23)21-11-12-6-2-1-3-7-12/h1-9,16H,10-11H2,(H,21,23). The molecule has 3 rings (SSSR count). The van der Waals surface area contributed by atoms with Crippen molar-refractivity contribution in [2.75, 3.05) is 0 Å². The number of halogens is 2. The molecule has 0 radical (unpaired) electrons. The Morgan fingerprint density at radius 3 is 2.39 bits per heavy atom. The van der Waals surface area contributed by atoms with Gasteiger partial charge in [-0.15, -0.1) is 0 Å². The molecule has 118 valence electrons. The summed E-state index contributed by atoms with van der Waals surface area (Å²) in [5.74, 6) is -1.72. The van der Waals surface area contributed by atoms with E-state index in [0.717, 1.165) is 5.56 Å². The van der Waals surface area contributed by atoms with Crippen molar-refractivity contribution in [1.29, 1.82) is 0 Å². The molecular weight excluding hydrogens is 300 g/mol. The summed E-state index contributed by atoms with van der Waals surface area (Å²) in [5.41, 5.74) is -0.832. The van der Waals surface area contributed by atoms with Crippen LogP contribution in [-0.2, 0) is 17.8 Å². The van der Waals surface area contributed by atoms with Gasteiger partial charge in [-0.1, -0.05) is 54.6 Å². The largest absolute Gasteiger partial charge is 0.351 e. The van der Waals surface area contributed by atoms with E-state index in [1.54, 1.807) is 42.5 Å². The number of amides is 1. The maximum atomic E-state index is 13.7. The minimum absolute atomic E-state index is 0.109. The molecule has 1 aliphatic carbocycles. The quantitative estimate of drug-likeness (QED) is 0.882. The number of hydrogen-bond donors (Lipinski definition) is 1. The average molecular weight is 315 g/mol. The zero-order chi connectivity index (χ0) is 16.4. The number of Topliss-reactive ketones (excluding diaryl/α,β-unsaturated/α-hetero) is 1. The van der Waals surface area contributed by atoms with Crippen LogP contribution in [0, 0.1) is 5.41 Å². The van der Waals surface area contributed by atoms with Crippen molar-refractivity contribution in [2.45, 2.75) is 19.4 Å². The number of fused-ring (bicyclic) bond motifs is 1. The number of nitrogens with one attached hydrogen (secondary N) is 1. The van der Waals surface area contributed by atoms with Crippen molar-refractivity contribution in [1.82, 2.24) is 5.32 Å². The molecule has 2 aromatic rings. The highest BCUT2D eigenvalue weighted by atomic mass is 19.3. The van der Waals surface area contributed by atoms with Crippen molar-refractivity contribution < 1.29 is 18.4 Å². The van der Waals surface area contributed by atoms with Gasteiger partial charge in [0.05, 0.1) is 0 Å². The SMILES string of the molecule is O=C(NCc1ccccc1)C1(C(F)F)Cc2ccccc2C1=O. The molecule has 0 aliphatic heterocycles. The van der Waals surface area contributed by atoms with E-state index in [-0.39, 0.29) is 18.5 Å². The summed E-state index contributed by atoms with van der Waals surface area (Å²) >= 11 is 0. The lowest BCUT2D eigenvalue weighted by molar-refractivity contribution is -0.135. The predicted molar refractivity (Wildman–Crippen MR) is 81.2 cm³/mol. The van der Waals surface area contributed by atoms with Gasteiger partial charge in [0.25, 0.3) is 6.43 Å². The van der Waals surface area contributed by atoms with Crippen molar-refractivity contribution in [3.63, 3.8) is 0 Å². The predicted octanol–water partition coefficient (Wildman–Crippen LogP) is 2.99. The Morgan fingerprint density at radius 1 is 1.09 bits per heavy atom. The lowest BCUT2D eigenvalue weighted by Gasteiger charge is -2.25. The fourth-order valence-corrected chi connectivity index (χ4v) is 2.91. The summed E-state index contributed by atoms with van der Waals surface area (Å²) in [6, 6.07) is 15.4. The van der Waals surface area contributed by atoms with Crippen molar-refractivity contribution >= 4 is 11.7 Å². The molecule has 0 heterocycles. The maximum absolute atomic E-state index is 13.7. The molecule has 2 aromatic carbocycles. The van der Waals surface area contributed by atoms with Crippen LogP contribution in [0.3, 0.4) is 0 Å². The number of hydrogen-bond acceptors (Lipinski definition) is 2. The van der Waals surface area contributed by atoms with Crippen LogP contribution in [0.15, 0.2) is 54.6 Å².